The van der Waals surface area contributed by atoms with Crippen molar-refractivity contribution in [3.05, 3.63) is 21.9 Å². The molecule has 1 aromatic heterocycles. The van der Waals surface area contributed by atoms with Crippen LogP contribution in [-0.4, -0.2) is 44.0 Å². The van der Waals surface area contributed by atoms with Gasteiger partial charge in [0.15, 0.2) is 0 Å². The van der Waals surface area contributed by atoms with E-state index in [1.54, 1.807) is 7.05 Å². The second-order valence-electron chi connectivity index (χ2n) is 4.27. The zero-order valence-electron chi connectivity index (χ0n) is 11.8. The number of halogens is 2. The van der Waals surface area contributed by atoms with E-state index in [1.165, 1.54) is 16.2 Å². The van der Waals surface area contributed by atoms with E-state index >= 15 is 0 Å². The zero-order chi connectivity index (χ0) is 15.7. The van der Waals surface area contributed by atoms with Crippen LogP contribution < -0.4 is 5.73 Å². The van der Waals surface area contributed by atoms with Crippen LogP contribution in [0.2, 0.25) is 0 Å². The number of thiophene rings is 1. The number of hydrogen-bond donors (Lipinski definition) is 1. The van der Waals surface area contributed by atoms with Gasteiger partial charge in [0.05, 0.1) is 26.1 Å². The summed E-state index contributed by atoms with van der Waals surface area (Å²) in [4.78, 5) is 14.3. The Kier molecular flexibility index (Phi) is 7.90. The Morgan fingerprint density at radius 1 is 1.57 bits per heavy atom. The molecule has 0 saturated carbocycles. The van der Waals surface area contributed by atoms with Crippen molar-refractivity contribution >= 4 is 17.2 Å². The fraction of sp³-hybridized carbons (Fsp3) is 0.500. The fourth-order valence-electron chi connectivity index (χ4n) is 1.53. The molecule has 0 spiro atoms. The van der Waals surface area contributed by atoms with Crippen LogP contribution in [0.5, 0.6) is 0 Å². The molecule has 0 unspecified atom stereocenters. The molecule has 0 saturated heterocycles. The Bertz CT molecular complexity index is 509. The second-order valence-corrected chi connectivity index (χ2v) is 5.27. The molecule has 7 heteroatoms. The first-order valence-electron chi connectivity index (χ1n) is 6.39. The number of nitrogens with zero attached hydrogens (tertiary/aromatic N) is 1. The molecule has 0 aliphatic carbocycles. The average molecular weight is 316 g/mol. The number of carbonyl (C=O) groups is 1. The highest BCUT2D eigenvalue weighted by atomic mass is 32.1. The van der Waals surface area contributed by atoms with Crippen molar-refractivity contribution in [2.45, 2.75) is 19.4 Å². The molecule has 0 atom stereocenters. The van der Waals surface area contributed by atoms with Crippen molar-refractivity contribution in [2.75, 3.05) is 26.8 Å². The molecule has 1 heterocycles. The molecule has 0 aliphatic heterocycles. The Morgan fingerprint density at radius 3 is 3.00 bits per heavy atom. The Labute approximate surface area is 126 Å². The minimum absolute atomic E-state index is 0.00514. The smallest absolute Gasteiger partial charge is 0.261 e. The molecule has 0 bridgehead atoms. The summed E-state index contributed by atoms with van der Waals surface area (Å²) in [6, 6.07) is 1.91. The number of ether oxygens (including phenoxy) is 1. The van der Waals surface area contributed by atoms with Gasteiger partial charge in [0, 0.05) is 22.9 Å². The van der Waals surface area contributed by atoms with Crippen molar-refractivity contribution < 1.29 is 18.3 Å². The highest BCUT2D eigenvalue weighted by Crippen LogP contribution is 2.16. The van der Waals surface area contributed by atoms with Gasteiger partial charge in [-0.1, -0.05) is 11.8 Å². The first-order chi connectivity index (χ1) is 10.0. The van der Waals surface area contributed by atoms with Crippen LogP contribution in [0.3, 0.4) is 0 Å². The summed E-state index contributed by atoms with van der Waals surface area (Å²) >= 11 is 1.51. The van der Waals surface area contributed by atoms with Gasteiger partial charge in [0.25, 0.3) is 6.43 Å². The van der Waals surface area contributed by atoms with Gasteiger partial charge >= 0.3 is 0 Å². The molecular weight excluding hydrogens is 298 g/mol. The van der Waals surface area contributed by atoms with Crippen LogP contribution in [0.15, 0.2) is 11.4 Å². The molecule has 1 rings (SSSR count). The Morgan fingerprint density at radius 2 is 2.33 bits per heavy atom. The number of amides is 1. The fourth-order valence-corrected chi connectivity index (χ4v) is 2.40. The Hall–Kier alpha value is -1.49. The monoisotopic (exact) mass is 316 g/mol. The molecule has 0 aliphatic rings. The number of rotatable bonds is 7. The van der Waals surface area contributed by atoms with Crippen molar-refractivity contribution in [2.24, 2.45) is 5.73 Å². The summed E-state index contributed by atoms with van der Waals surface area (Å²) in [6.45, 7) is 0.140. The Balaban J connectivity index is 2.36. The maximum atomic E-state index is 11.9. The predicted molar refractivity (Wildman–Crippen MR) is 78.2 cm³/mol. The highest BCUT2D eigenvalue weighted by Gasteiger charge is 2.11. The number of alkyl halides is 2. The number of hydrogen-bond acceptors (Lipinski definition) is 4. The van der Waals surface area contributed by atoms with E-state index in [2.05, 4.69) is 16.6 Å². The molecule has 1 aromatic rings. The van der Waals surface area contributed by atoms with Crippen LogP contribution in [-0.2, 0) is 16.1 Å². The molecule has 0 fully saturated rings. The van der Waals surface area contributed by atoms with E-state index < -0.39 is 13.0 Å². The van der Waals surface area contributed by atoms with Gasteiger partial charge in [-0.3, -0.25) is 4.79 Å². The van der Waals surface area contributed by atoms with Gasteiger partial charge in [-0.2, -0.15) is 0 Å². The van der Waals surface area contributed by atoms with E-state index in [9.17, 15) is 13.6 Å². The summed E-state index contributed by atoms with van der Waals surface area (Å²) in [5.41, 5.74) is 6.17. The lowest BCUT2D eigenvalue weighted by Crippen LogP contribution is -2.27. The van der Waals surface area contributed by atoms with E-state index in [4.69, 9.17) is 5.73 Å². The third-order valence-electron chi connectivity index (χ3n) is 2.51. The normalized spacial score (nSPS) is 10.3. The minimum atomic E-state index is -2.50. The number of nitrogens with two attached hydrogens (primary N) is 1. The quantitative estimate of drug-likeness (QED) is 0.615. The van der Waals surface area contributed by atoms with Crippen LogP contribution >= 0.6 is 11.3 Å². The van der Waals surface area contributed by atoms with Crippen molar-refractivity contribution in [1.29, 1.82) is 0 Å². The maximum Gasteiger partial charge on any atom is 0.261 e. The summed E-state index contributed by atoms with van der Waals surface area (Å²) in [5, 5.41) is 1.90. The summed E-state index contributed by atoms with van der Waals surface area (Å²) in [5.74, 6) is 5.54. The van der Waals surface area contributed by atoms with E-state index in [0.29, 0.717) is 13.1 Å². The van der Waals surface area contributed by atoms with Crippen LogP contribution in [0.1, 0.15) is 16.9 Å². The lowest BCUT2D eigenvalue weighted by atomic mass is 10.3. The first-order valence-corrected chi connectivity index (χ1v) is 7.27. The molecule has 1 amide bonds. The maximum absolute atomic E-state index is 11.9. The van der Waals surface area contributed by atoms with Gasteiger partial charge in [-0.25, -0.2) is 8.78 Å². The molecule has 4 nitrogen and oxygen atoms in total. The zero-order valence-corrected chi connectivity index (χ0v) is 12.6. The lowest BCUT2D eigenvalue weighted by molar-refractivity contribution is -0.131. The van der Waals surface area contributed by atoms with Gasteiger partial charge < -0.3 is 15.4 Å². The largest absolute Gasteiger partial charge is 0.375 e. The van der Waals surface area contributed by atoms with Crippen LogP contribution in [0.4, 0.5) is 8.78 Å². The van der Waals surface area contributed by atoms with Gasteiger partial charge in [0.2, 0.25) is 5.91 Å². The first kappa shape index (κ1) is 17.6. The van der Waals surface area contributed by atoms with Crippen molar-refractivity contribution in [3.63, 3.8) is 0 Å². The number of carbonyl (C=O) groups excluding carboxylic acids is 1. The van der Waals surface area contributed by atoms with Crippen LogP contribution in [0, 0.1) is 11.8 Å². The molecule has 21 heavy (non-hydrogen) atoms. The summed E-state index contributed by atoms with van der Waals surface area (Å²) < 4.78 is 28.4. The topological polar surface area (TPSA) is 55.6 Å². The van der Waals surface area contributed by atoms with Crippen molar-refractivity contribution in [1.82, 2.24) is 4.90 Å². The van der Waals surface area contributed by atoms with E-state index in [0.717, 1.165) is 10.4 Å². The summed E-state index contributed by atoms with van der Waals surface area (Å²) in [6.07, 6.45) is -2.41. The van der Waals surface area contributed by atoms with Gasteiger partial charge in [-0.05, 0) is 6.07 Å². The van der Waals surface area contributed by atoms with Gasteiger partial charge in [0.1, 0.15) is 6.61 Å². The van der Waals surface area contributed by atoms with E-state index in [1.807, 2.05) is 11.4 Å². The predicted octanol–water partition coefficient (Wildman–Crippen LogP) is 1.69. The average Bonchev–Trinajstić information content (AvgIpc) is 2.88. The molecular formula is C14H18F2N2O2S. The lowest BCUT2D eigenvalue weighted by Gasteiger charge is -2.16. The summed E-state index contributed by atoms with van der Waals surface area (Å²) in [7, 11) is 1.67. The molecule has 2 N–H and O–H groups in total. The molecule has 0 radical (unpaired) electrons. The third kappa shape index (κ3) is 7.18. The second kappa shape index (κ2) is 9.45. The van der Waals surface area contributed by atoms with Crippen LogP contribution in [0.25, 0.3) is 0 Å². The SMILES string of the molecule is CN(Cc1cc(C#CCN)cs1)C(=O)CCOCC(F)F. The third-order valence-corrected chi connectivity index (χ3v) is 3.43. The minimum Gasteiger partial charge on any atom is -0.375 e. The highest BCUT2D eigenvalue weighted by molar-refractivity contribution is 7.10. The van der Waals surface area contributed by atoms with Crippen molar-refractivity contribution in [3.8, 4) is 11.8 Å². The van der Waals surface area contributed by atoms with E-state index in [-0.39, 0.29) is 18.9 Å². The molecule has 0 aromatic carbocycles. The van der Waals surface area contributed by atoms with Gasteiger partial charge in [-0.15, -0.1) is 11.3 Å². The molecule has 116 valence electrons. The standard InChI is InChI=1S/C14H18F2N2O2S/c1-18(14(19)4-6-20-9-13(15)16)8-12-7-11(10-21-12)3-2-5-17/h7,10,13H,4-6,8-9,17H2,1H3.